The molecular weight excluding hydrogens is 251 g/mol. The topological polar surface area (TPSA) is 20.2 Å². The van der Waals surface area contributed by atoms with Crippen molar-refractivity contribution in [3.05, 3.63) is 34.6 Å². The molecule has 1 nitrogen and oxygen atoms in total. The summed E-state index contributed by atoms with van der Waals surface area (Å²) in [4.78, 5) is 0. The van der Waals surface area contributed by atoms with Crippen molar-refractivity contribution in [2.45, 2.75) is 58.0 Å². The summed E-state index contributed by atoms with van der Waals surface area (Å²) in [5.74, 6) is -0.326. The smallest absolute Gasteiger partial charge is 0.127 e. The Morgan fingerprint density at radius 2 is 1.94 bits per heavy atom. The molecule has 0 fully saturated rings. The van der Waals surface area contributed by atoms with Crippen LogP contribution in [0.25, 0.3) is 0 Å². The van der Waals surface area contributed by atoms with Crippen molar-refractivity contribution in [3.8, 4) is 0 Å². The first-order valence-corrected chi connectivity index (χ1v) is 7.13. The minimum atomic E-state index is -0.456. The van der Waals surface area contributed by atoms with Crippen molar-refractivity contribution in [2.24, 2.45) is 0 Å². The molecule has 3 heteroatoms. The van der Waals surface area contributed by atoms with E-state index in [0.717, 1.165) is 19.3 Å². The number of aliphatic hydroxyl groups excluding tert-OH is 1. The second-order valence-corrected chi connectivity index (χ2v) is 5.23. The molecule has 0 bridgehead atoms. The summed E-state index contributed by atoms with van der Waals surface area (Å²) in [6.45, 7) is 2.18. The van der Waals surface area contributed by atoms with E-state index in [1.165, 1.54) is 25.3 Å². The van der Waals surface area contributed by atoms with Gasteiger partial charge in [0.2, 0.25) is 0 Å². The molecular formula is C15H22ClFO. The van der Waals surface area contributed by atoms with E-state index in [1.54, 1.807) is 12.1 Å². The average Bonchev–Trinajstić information content (AvgIpc) is 2.32. The number of rotatable bonds is 8. The van der Waals surface area contributed by atoms with Gasteiger partial charge in [-0.05, 0) is 24.1 Å². The van der Waals surface area contributed by atoms with Gasteiger partial charge in [0.15, 0.2) is 0 Å². The molecule has 18 heavy (non-hydrogen) atoms. The Labute approximate surface area is 114 Å². The molecule has 0 aliphatic rings. The molecule has 0 saturated carbocycles. The van der Waals surface area contributed by atoms with Gasteiger partial charge in [0.25, 0.3) is 0 Å². The molecule has 1 N–H and O–H groups in total. The lowest BCUT2D eigenvalue weighted by molar-refractivity contribution is 0.159. The SMILES string of the molecule is CCCCCCCC(O)Cc1ccc(Cl)cc1F. The molecule has 1 aromatic carbocycles. The normalized spacial score (nSPS) is 12.7. The predicted molar refractivity (Wildman–Crippen MR) is 74.5 cm³/mol. The number of halogens is 2. The van der Waals surface area contributed by atoms with E-state index in [9.17, 15) is 9.50 Å². The van der Waals surface area contributed by atoms with Crippen LogP contribution in [-0.4, -0.2) is 11.2 Å². The molecule has 1 atom stereocenters. The van der Waals surface area contributed by atoms with Crippen LogP contribution >= 0.6 is 11.6 Å². The maximum Gasteiger partial charge on any atom is 0.127 e. The summed E-state index contributed by atoms with van der Waals surface area (Å²) in [7, 11) is 0. The Morgan fingerprint density at radius 1 is 1.22 bits per heavy atom. The average molecular weight is 273 g/mol. The highest BCUT2D eigenvalue weighted by molar-refractivity contribution is 6.30. The van der Waals surface area contributed by atoms with Crippen LogP contribution < -0.4 is 0 Å². The van der Waals surface area contributed by atoms with Crippen molar-refractivity contribution < 1.29 is 9.50 Å². The Kier molecular flexibility index (Phi) is 7.29. The van der Waals surface area contributed by atoms with Crippen molar-refractivity contribution in [1.82, 2.24) is 0 Å². The molecule has 0 aromatic heterocycles. The molecule has 1 rings (SSSR count). The van der Waals surface area contributed by atoms with Crippen LogP contribution in [0.1, 0.15) is 51.0 Å². The monoisotopic (exact) mass is 272 g/mol. The van der Waals surface area contributed by atoms with Gasteiger partial charge in [-0.25, -0.2) is 4.39 Å². The van der Waals surface area contributed by atoms with Gasteiger partial charge in [0.05, 0.1) is 6.10 Å². The van der Waals surface area contributed by atoms with E-state index in [1.807, 2.05) is 0 Å². The van der Waals surface area contributed by atoms with Crippen LogP contribution in [0.4, 0.5) is 4.39 Å². The second-order valence-electron chi connectivity index (χ2n) is 4.80. The maximum absolute atomic E-state index is 13.5. The lowest BCUT2D eigenvalue weighted by Crippen LogP contribution is -2.11. The summed E-state index contributed by atoms with van der Waals surface area (Å²) in [6, 6.07) is 4.61. The van der Waals surface area contributed by atoms with Gasteiger partial charge in [-0.2, -0.15) is 0 Å². The van der Waals surface area contributed by atoms with Gasteiger partial charge in [-0.1, -0.05) is 56.7 Å². The lowest BCUT2D eigenvalue weighted by Gasteiger charge is -2.11. The van der Waals surface area contributed by atoms with E-state index < -0.39 is 6.10 Å². The third-order valence-electron chi connectivity index (χ3n) is 3.11. The number of hydrogen-bond donors (Lipinski definition) is 1. The number of benzene rings is 1. The predicted octanol–water partition coefficient (Wildman–Crippen LogP) is 4.74. The second kappa shape index (κ2) is 8.49. The number of aliphatic hydroxyl groups is 1. The van der Waals surface area contributed by atoms with E-state index in [4.69, 9.17) is 11.6 Å². The zero-order valence-corrected chi connectivity index (χ0v) is 11.7. The zero-order valence-electron chi connectivity index (χ0n) is 11.0. The minimum absolute atomic E-state index is 0.326. The van der Waals surface area contributed by atoms with Crippen molar-refractivity contribution in [2.75, 3.05) is 0 Å². The van der Waals surface area contributed by atoms with Gasteiger partial charge in [-0.3, -0.25) is 0 Å². The maximum atomic E-state index is 13.5. The lowest BCUT2D eigenvalue weighted by atomic mass is 10.0. The summed E-state index contributed by atoms with van der Waals surface area (Å²) in [6.07, 6.45) is 6.51. The fraction of sp³-hybridized carbons (Fsp3) is 0.600. The van der Waals surface area contributed by atoms with Gasteiger partial charge in [-0.15, -0.1) is 0 Å². The standard InChI is InChI=1S/C15H22ClFO/c1-2-3-4-5-6-7-14(18)10-12-8-9-13(16)11-15(12)17/h8-9,11,14,18H,2-7,10H2,1H3. The molecule has 1 aromatic rings. The highest BCUT2D eigenvalue weighted by atomic mass is 35.5. The molecule has 102 valence electrons. The van der Waals surface area contributed by atoms with Crippen LogP contribution in [0.15, 0.2) is 18.2 Å². The Morgan fingerprint density at radius 3 is 2.61 bits per heavy atom. The Bertz CT molecular complexity index is 354. The van der Waals surface area contributed by atoms with E-state index >= 15 is 0 Å². The molecule has 0 heterocycles. The van der Waals surface area contributed by atoms with Gasteiger partial charge < -0.3 is 5.11 Å². The molecule has 0 amide bonds. The summed E-state index contributed by atoms with van der Waals surface area (Å²) < 4.78 is 13.5. The quantitative estimate of drug-likeness (QED) is 0.678. The molecule has 0 radical (unpaired) electrons. The number of hydrogen-bond acceptors (Lipinski definition) is 1. The third-order valence-corrected chi connectivity index (χ3v) is 3.35. The fourth-order valence-corrected chi connectivity index (χ4v) is 2.19. The van der Waals surface area contributed by atoms with Crippen LogP contribution in [0.2, 0.25) is 5.02 Å². The molecule has 0 spiro atoms. The molecule has 0 aliphatic heterocycles. The fourth-order valence-electron chi connectivity index (χ4n) is 2.03. The van der Waals surface area contributed by atoms with Gasteiger partial charge in [0, 0.05) is 11.4 Å². The first-order valence-electron chi connectivity index (χ1n) is 6.75. The first-order chi connectivity index (χ1) is 8.63. The van der Waals surface area contributed by atoms with Crippen LogP contribution in [-0.2, 0) is 6.42 Å². The molecule has 0 aliphatic carbocycles. The van der Waals surface area contributed by atoms with Gasteiger partial charge >= 0.3 is 0 Å². The first kappa shape index (κ1) is 15.5. The Hall–Kier alpha value is -0.600. The Balaban J connectivity index is 2.28. The molecule has 1 unspecified atom stereocenters. The van der Waals surface area contributed by atoms with E-state index in [-0.39, 0.29) is 5.82 Å². The highest BCUT2D eigenvalue weighted by Crippen LogP contribution is 2.17. The molecule has 0 saturated heterocycles. The summed E-state index contributed by atoms with van der Waals surface area (Å²) in [5, 5.41) is 10.2. The summed E-state index contributed by atoms with van der Waals surface area (Å²) in [5.41, 5.74) is 0.542. The van der Waals surface area contributed by atoms with Crippen molar-refractivity contribution in [3.63, 3.8) is 0 Å². The highest BCUT2D eigenvalue weighted by Gasteiger charge is 2.09. The van der Waals surface area contributed by atoms with Crippen molar-refractivity contribution >= 4 is 11.6 Å². The largest absolute Gasteiger partial charge is 0.393 e. The number of unbranched alkanes of at least 4 members (excludes halogenated alkanes) is 4. The zero-order chi connectivity index (χ0) is 13.4. The van der Waals surface area contributed by atoms with E-state index in [0.29, 0.717) is 17.0 Å². The van der Waals surface area contributed by atoms with Crippen molar-refractivity contribution in [1.29, 1.82) is 0 Å². The minimum Gasteiger partial charge on any atom is -0.393 e. The van der Waals surface area contributed by atoms with Crippen LogP contribution in [0.5, 0.6) is 0 Å². The van der Waals surface area contributed by atoms with Gasteiger partial charge in [0.1, 0.15) is 5.82 Å². The van der Waals surface area contributed by atoms with Crippen LogP contribution in [0, 0.1) is 5.82 Å². The van der Waals surface area contributed by atoms with Crippen LogP contribution in [0.3, 0.4) is 0 Å². The summed E-state index contributed by atoms with van der Waals surface area (Å²) >= 11 is 5.68. The third kappa shape index (κ3) is 5.83. The van der Waals surface area contributed by atoms with E-state index in [2.05, 4.69) is 6.92 Å².